The number of nitrogens with one attached hydrogen (secondary N) is 1. The molecule has 0 unspecified atom stereocenters. The monoisotopic (exact) mass is 176 g/mol. The highest BCUT2D eigenvalue weighted by Crippen LogP contribution is 2.25. The lowest BCUT2D eigenvalue weighted by molar-refractivity contribution is 0.546. The van der Waals surface area contributed by atoms with E-state index in [9.17, 15) is 0 Å². The summed E-state index contributed by atoms with van der Waals surface area (Å²) in [7, 11) is 0. The number of nitriles is 1. The molecule has 1 N–H and O–H groups in total. The fourth-order valence-corrected chi connectivity index (χ4v) is 1.04. The quantitative estimate of drug-likeness (QED) is 0.753. The van der Waals surface area contributed by atoms with Crippen LogP contribution in [0.4, 0.5) is 5.88 Å². The maximum Gasteiger partial charge on any atom is 0.215 e. The van der Waals surface area contributed by atoms with Crippen molar-refractivity contribution in [2.45, 2.75) is 20.8 Å². The van der Waals surface area contributed by atoms with E-state index in [2.05, 4.69) is 18.0 Å². The molecule has 0 fully saturated rings. The van der Waals surface area contributed by atoms with Gasteiger partial charge in [-0.2, -0.15) is 5.26 Å². The van der Waals surface area contributed by atoms with Crippen molar-refractivity contribution >= 4 is 5.88 Å². The molecular weight excluding hydrogens is 164 g/mol. The highest BCUT2D eigenvalue weighted by molar-refractivity contribution is 5.57. The lowest BCUT2D eigenvalue weighted by atomic mass is 10.2. The van der Waals surface area contributed by atoms with Gasteiger partial charge in [0, 0.05) is 11.3 Å². The van der Waals surface area contributed by atoms with Crippen LogP contribution in [0.2, 0.25) is 0 Å². The molecule has 0 aliphatic heterocycles. The summed E-state index contributed by atoms with van der Waals surface area (Å²) in [5, 5.41) is 11.7. The highest BCUT2D eigenvalue weighted by Gasteiger charge is 2.13. The average molecular weight is 176 g/mol. The van der Waals surface area contributed by atoms with Gasteiger partial charge >= 0.3 is 0 Å². The Morgan fingerprint density at radius 1 is 1.54 bits per heavy atom. The van der Waals surface area contributed by atoms with Crippen molar-refractivity contribution in [3.63, 3.8) is 0 Å². The third kappa shape index (κ3) is 1.73. The molecule has 0 saturated carbocycles. The van der Waals surface area contributed by atoms with Gasteiger partial charge in [-0.05, 0) is 20.8 Å². The molecule has 0 aromatic carbocycles. The van der Waals surface area contributed by atoms with Crippen LogP contribution in [0.15, 0.2) is 16.7 Å². The topological polar surface area (TPSA) is 49.0 Å². The van der Waals surface area contributed by atoms with E-state index in [4.69, 9.17) is 9.68 Å². The summed E-state index contributed by atoms with van der Waals surface area (Å²) in [4.78, 5) is 0. The summed E-state index contributed by atoms with van der Waals surface area (Å²) < 4.78 is 5.35. The zero-order chi connectivity index (χ0) is 10.0. The van der Waals surface area contributed by atoms with Gasteiger partial charge in [0.25, 0.3) is 0 Å². The smallest absolute Gasteiger partial charge is 0.215 e. The number of anilines is 1. The first-order valence-corrected chi connectivity index (χ1v) is 3.99. The van der Waals surface area contributed by atoms with Gasteiger partial charge in [0.05, 0.1) is 0 Å². The van der Waals surface area contributed by atoms with Gasteiger partial charge in [-0.15, -0.1) is 0 Å². The number of aryl methyl sites for hydroxylation is 1. The van der Waals surface area contributed by atoms with Gasteiger partial charge in [0.1, 0.15) is 17.4 Å². The Morgan fingerprint density at radius 2 is 2.15 bits per heavy atom. The minimum absolute atomic E-state index is 0.491. The molecule has 13 heavy (non-hydrogen) atoms. The van der Waals surface area contributed by atoms with Crippen LogP contribution < -0.4 is 5.32 Å². The van der Waals surface area contributed by atoms with Crippen LogP contribution in [0.1, 0.15) is 23.8 Å². The van der Waals surface area contributed by atoms with Crippen molar-refractivity contribution in [1.82, 2.24) is 0 Å². The maximum atomic E-state index is 8.85. The van der Waals surface area contributed by atoms with E-state index in [1.807, 2.05) is 20.8 Å². The normalized spacial score (nSPS) is 9.38. The summed E-state index contributed by atoms with van der Waals surface area (Å²) in [6, 6.07) is 2.09. The largest absolute Gasteiger partial charge is 0.444 e. The van der Waals surface area contributed by atoms with Crippen LogP contribution in [0, 0.1) is 25.2 Å². The number of nitrogens with zero attached hydrogens (tertiary/aromatic N) is 1. The van der Waals surface area contributed by atoms with Crippen LogP contribution in [-0.2, 0) is 0 Å². The molecule has 0 spiro atoms. The maximum absolute atomic E-state index is 8.85. The van der Waals surface area contributed by atoms with Crippen molar-refractivity contribution < 1.29 is 4.42 Å². The van der Waals surface area contributed by atoms with Crippen molar-refractivity contribution in [2.75, 3.05) is 5.32 Å². The molecule has 0 bridgehead atoms. The van der Waals surface area contributed by atoms with Gasteiger partial charge in [-0.25, -0.2) is 0 Å². The second kappa shape index (κ2) is 3.36. The second-order valence-electron chi connectivity index (χ2n) is 3.00. The number of allylic oxidation sites excluding steroid dienone is 1. The predicted molar refractivity (Wildman–Crippen MR) is 51.3 cm³/mol. The van der Waals surface area contributed by atoms with Gasteiger partial charge in [0.15, 0.2) is 0 Å². The Labute approximate surface area is 77.7 Å². The fourth-order valence-electron chi connectivity index (χ4n) is 1.04. The Hall–Kier alpha value is -1.69. The summed E-state index contributed by atoms with van der Waals surface area (Å²) in [5.74, 6) is 1.25. The molecule has 0 aliphatic carbocycles. The molecule has 0 radical (unpaired) electrons. The third-order valence-electron chi connectivity index (χ3n) is 1.82. The lowest BCUT2D eigenvalue weighted by Gasteiger charge is -1.99. The number of hydrogen-bond acceptors (Lipinski definition) is 3. The number of furan rings is 1. The lowest BCUT2D eigenvalue weighted by Crippen LogP contribution is -1.93. The number of rotatable bonds is 2. The second-order valence-corrected chi connectivity index (χ2v) is 3.00. The Bertz CT molecular complexity index is 382. The molecule has 0 aliphatic rings. The molecular formula is C10H12N2O. The molecule has 0 saturated heterocycles. The third-order valence-corrected chi connectivity index (χ3v) is 1.82. The Kier molecular flexibility index (Phi) is 2.43. The molecule has 68 valence electrons. The summed E-state index contributed by atoms with van der Waals surface area (Å²) in [6.45, 7) is 9.19. The zero-order valence-corrected chi connectivity index (χ0v) is 8.06. The molecule has 1 aromatic heterocycles. The van der Waals surface area contributed by atoms with Gasteiger partial charge in [0.2, 0.25) is 5.88 Å². The van der Waals surface area contributed by atoms with Crippen molar-refractivity contribution in [3.8, 4) is 6.07 Å². The van der Waals surface area contributed by atoms with Crippen LogP contribution in [0.5, 0.6) is 0 Å². The van der Waals surface area contributed by atoms with E-state index >= 15 is 0 Å². The summed E-state index contributed by atoms with van der Waals surface area (Å²) in [6.07, 6.45) is 0. The molecule has 1 heterocycles. The van der Waals surface area contributed by atoms with E-state index in [0.717, 1.165) is 17.0 Å². The highest BCUT2D eigenvalue weighted by atomic mass is 16.4. The van der Waals surface area contributed by atoms with Crippen LogP contribution in [0.3, 0.4) is 0 Å². The van der Waals surface area contributed by atoms with Gasteiger partial charge in [-0.1, -0.05) is 6.58 Å². The predicted octanol–water partition coefficient (Wildman–Crippen LogP) is 2.71. The van der Waals surface area contributed by atoms with Crippen molar-refractivity contribution in [1.29, 1.82) is 5.26 Å². The van der Waals surface area contributed by atoms with E-state index in [0.29, 0.717) is 11.4 Å². The average Bonchev–Trinajstić information content (AvgIpc) is 2.27. The molecule has 0 atom stereocenters. The first-order chi connectivity index (χ1) is 6.06. The molecule has 3 heteroatoms. The molecule has 1 rings (SSSR count). The SMILES string of the molecule is C=C(C)Nc1oc(C)c(C)c1C#N. The minimum Gasteiger partial charge on any atom is -0.444 e. The molecule has 1 aromatic rings. The number of hydrogen-bond donors (Lipinski definition) is 1. The van der Waals surface area contributed by atoms with Crippen LogP contribution in [-0.4, -0.2) is 0 Å². The van der Waals surface area contributed by atoms with Crippen molar-refractivity contribution in [3.05, 3.63) is 29.2 Å². The standard InChI is InChI=1S/C10H12N2O/c1-6(2)12-10-9(5-11)7(3)8(4)13-10/h12H,1H2,2-4H3. The molecule has 0 amide bonds. The summed E-state index contributed by atoms with van der Waals surface area (Å²) in [5.41, 5.74) is 2.19. The summed E-state index contributed by atoms with van der Waals surface area (Å²) >= 11 is 0. The van der Waals surface area contributed by atoms with E-state index in [1.165, 1.54) is 0 Å². The first-order valence-electron chi connectivity index (χ1n) is 3.99. The van der Waals surface area contributed by atoms with Gasteiger partial charge < -0.3 is 9.73 Å². The van der Waals surface area contributed by atoms with E-state index in [-0.39, 0.29) is 0 Å². The van der Waals surface area contributed by atoms with E-state index in [1.54, 1.807) is 0 Å². The Balaban J connectivity index is 3.15. The Morgan fingerprint density at radius 3 is 2.62 bits per heavy atom. The van der Waals surface area contributed by atoms with E-state index < -0.39 is 0 Å². The zero-order valence-electron chi connectivity index (χ0n) is 8.06. The van der Waals surface area contributed by atoms with Gasteiger partial charge in [-0.3, -0.25) is 0 Å². The fraction of sp³-hybridized carbons (Fsp3) is 0.300. The van der Waals surface area contributed by atoms with Crippen molar-refractivity contribution in [2.24, 2.45) is 0 Å². The van der Waals surface area contributed by atoms with Crippen LogP contribution in [0.25, 0.3) is 0 Å². The minimum atomic E-state index is 0.491. The van der Waals surface area contributed by atoms with Crippen LogP contribution >= 0.6 is 0 Å². The first kappa shape index (κ1) is 9.40. The molecule has 3 nitrogen and oxygen atoms in total.